The summed E-state index contributed by atoms with van der Waals surface area (Å²) >= 11 is 0. The van der Waals surface area contributed by atoms with Crippen molar-refractivity contribution in [2.75, 3.05) is 13.2 Å². The monoisotopic (exact) mass is 397 g/mol. The van der Waals surface area contributed by atoms with E-state index in [1.54, 1.807) is 29.2 Å². The Morgan fingerprint density at radius 3 is 2.76 bits per heavy atom. The SMILES string of the molecule is O=C(c1ccc(-n2cnnn2)cc1O)N(Cc1ccc(F)cc1)C[C@@H]1CCCO1. The molecule has 1 N–H and O–H groups in total. The summed E-state index contributed by atoms with van der Waals surface area (Å²) in [4.78, 5) is 14.8. The molecule has 8 nitrogen and oxygen atoms in total. The number of hydrogen-bond donors (Lipinski definition) is 1. The molecule has 0 spiro atoms. The lowest BCUT2D eigenvalue weighted by Gasteiger charge is -2.26. The zero-order chi connectivity index (χ0) is 20.2. The average molecular weight is 397 g/mol. The number of halogens is 1. The van der Waals surface area contributed by atoms with Crippen molar-refractivity contribution in [3.05, 3.63) is 65.7 Å². The largest absolute Gasteiger partial charge is 0.507 e. The molecule has 1 aliphatic heterocycles. The molecule has 0 radical (unpaired) electrons. The minimum atomic E-state index is -0.332. The second-order valence-corrected chi connectivity index (χ2v) is 6.90. The van der Waals surface area contributed by atoms with Gasteiger partial charge in [-0.2, -0.15) is 0 Å². The Hall–Kier alpha value is -3.33. The molecule has 1 aromatic heterocycles. The topological polar surface area (TPSA) is 93.4 Å². The summed E-state index contributed by atoms with van der Waals surface area (Å²) in [5, 5.41) is 21.4. The van der Waals surface area contributed by atoms with Gasteiger partial charge in [0.25, 0.3) is 5.91 Å². The van der Waals surface area contributed by atoms with Gasteiger partial charge in [-0.05, 0) is 53.1 Å². The quantitative estimate of drug-likeness (QED) is 0.686. The number of ether oxygens (including phenoxy) is 1. The second-order valence-electron chi connectivity index (χ2n) is 6.90. The Morgan fingerprint density at radius 1 is 1.28 bits per heavy atom. The summed E-state index contributed by atoms with van der Waals surface area (Å²) < 4.78 is 20.3. The van der Waals surface area contributed by atoms with Gasteiger partial charge in [-0.3, -0.25) is 4.79 Å². The highest BCUT2D eigenvalue weighted by Gasteiger charge is 2.25. The first-order valence-electron chi connectivity index (χ1n) is 9.32. The predicted molar refractivity (Wildman–Crippen MR) is 101 cm³/mol. The van der Waals surface area contributed by atoms with Crippen LogP contribution in [0.4, 0.5) is 4.39 Å². The van der Waals surface area contributed by atoms with Crippen LogP contribution < -0.4 is 0 Å². The summed E-state index contributed by atoms with van der Waals surface area (Å²) in [5.74, 6) is -0.827. The van der Waals surface area contributed by atoms with E-state index in [1.165, 1.54) is 29.2 Å². The first-order chi connectivity index (χ1) is 14.1. The summed E-state index contributed by atoms with van der Waals surface area (Å²) in [6.07, 6.45) is 3.17. The van der Waals surface area contributed by atoms with Crippen molar-refractivity contribution < 1.29 is 19.0 Å². The van der Waals surface area contributed by atoms with Gasteiger partial charge in [0.1, 0.15) is 17.9 Å². The Kier molecular flexibility index (Phi) is 5.48. The van der Waals surface area contributed by atoms with Crippen LogP contribution in [-0.4, -0.2) is 55.4 Å². The van der Waals surface area contributed by atoms with Crippen LogP contribution in [0.5, 0.6) is 5.75 Å². The lowest BCUT2D eigenvalue weighted by molar-refractivity contribution is 0.0505. The Labute approximate surface area is 166 Å². The molecule has 150 valence electrons. The molecular formula is C20H20FN5O3. The van der Waals surface area contributed by atoms with Gasteiger partial charge in [0.05, 0.1) is 17.4 Å². The Bertz CT molecular complexity index is 972. The minimum absolute atomic E-state index is 0.0537. The van der Waals surface area contributed by atoms with Crippen molar-refractivity contribution >= 4 is 5.91 Å². The third-order valence-corrected chi connectivity index (χ3v) is 4.85. The molecule has 1 saturated heterocycles. The van der Waals surface area contributed by atoms with Crippen LogP contribution in [0.1, 0.15) is 28.8 Å². The van der Waals surface area contributed by atoms with E-state index >= 15 is 0 Å². The van der Waals surface area contributed by atoms with Crippen LogP contribution >= 0.6 is 0 Å². The zero-order valence-corrected chi connectivity index (χ0v) is 15.6. The first-order valence-corrected chi connectivity index (χ1v) is 9.32. The molecule has 2 heterocycles. The molecule has 4 rings (SSSR count). The van der Waals surface area contributed by atoms with Gasteiger partial charge < -0.3 is 14.7 Å². The van der Waals surface area contributed by atoms with Gasteiger partial charge in [-0.1, -0.05) is 12.1 Å². The van der Waals surface area contributed by atoms with E-state index in [0.717, 1.165) is 18.4 Å². The number of hydrogen-bond acceptors (Lipinski definition) is 6. The number of carbonyl (C=O) groups is 1. The molecule has 29 heavy (non-hydrogen) atoms. The van der Waals surface area contributed by atoms with E-state index < -0.39 is 0 Å². The van der Waals surface area contributed by atoms with E-state index in [0.29, 0.717) is 18.8 Å². The van der Waals surface area contributed by atoms with Crippen molar-refractivity contribution in [2.45, 2.75) is 25.5 Å². The number of aromatic nitrogens is 4. The van der Waals surface area contributed by atoms with E-state index in [1.807, 2.05) is 0 Å². The molecule has 0 unspecified atom stereocenters. The van der Waals surface area contributed by atoms with E-state index in [-0.39, 0.29) is 35.7 Å². The number of benzene rings is 2. The first kappa shape index (κ1) is 19.0. The third kappa shape index (κ3) is 4.40. The molecule has 0 bridgehead atoms. The number of carbonyl (C=O) groups excluding carboxylic acids is 1. The standard InChI is InChI=1S/C20H20FN5O3/c21-15-5-3-14(4-6-15)11-25(12-17-2-1-9-29-17)20(28)18-8-7-16(10-19(18)27)26-13-22-23-24-26/h3-8,10,13,17,27H,1-2,9,11-12H2/t17-/m0/s1. The highest BCUT2D eigenvalue weighted by Crippen LogP contribution is 2.24. The fourth-order valence-electron chi connectivity index (χ4n) is 3.36. The summed E-state index contributed by atoms with van der Waals surface area (Å²) in [6.45, 7) is 1.35. The van der Waals surface area contributed by atoms with Crippen molar-refractivity contribution in [2.24, 2.45) is 0 Å². The Morgan fingerprint density at radius 2 is 2.10 bits per heavy atom. The number of tetrazole rings is 1. The molecule has 0 aliphatic carbocycles. The number of phenolic OH excluding ortho intramolecular Hbond substituents is 1. The van der Waals surface area contributed by atoms with Crippen molar-refractivity contribution in [3.63, 3.8) is 0 Å². The summed E-state index contributed by atoms with van der Waals surface area (Å²) in [6, 6.07) is 10.7. The maximum absolute atomic E-state index is 13.2. The van der Waals surface area contributed by atoms with E-state index in [4.69, 9.17) is 4.74 Å². The highest BCUT2D eigenvalue weighted by atomic mass is 19.1. The number of nitrogens with zero attached hydrogens (tertiary/aromatic N) is 5. The third-order valence-electron chi connectivity index (χ3n) is 4.85. The Balaban J connectivity index is 1.58. The molecule has 2 aromatic carbocycles. The molecule has 1 aliphatic rings. The molecule has 0 saturated carbocycles. The highest BCUT2D eigenvalue weighted by molar-refractivity contribution is 5.97. The molecule has 1 atom stereocenters. The van der Waals surface area contributed by atoms with Gasteiger partial charge in [0, 0.05) is 25.8 Å². The molecule has 3 aromatic rings. The number of amides is 1. The fourth-order valence-corrected chi connectivity index (χ4v) is 3.36. The maximum atomic E-state index is 13.2. The van der Waals surface area contributed by atoms with Crippen LogP contribution in [0.2, 0.25) is 0 Å². The maximum Gasteiger partial charge on any atom is 0.258 e. The molecule has 1 fully saturated rings. The summed E-state index contributed by atoms with van der Waals surface area (Å²) in [7, 11) is 0. The van der Waals surface area contributed by atoms with Crippen LogP contribution in [0.3, 0.4) is 0 Å². The number of aromatic hydroxyl groups is 1. The molecular weight excluding hydrogens is 377 g/mol. The zero-order valence-electron chi connectivity index (χ0n) is 15.6. The van der Waals surface area contributed by atoms with Gasteiger partial charge in [-0.25, -0.2) is 9.07 Å². The molecule has 1 amide bonds. The predicted octanol–water partition coefficient (Wildman–Crippen LogP) is 2.33. The number of rotatable bonds is 6. The lowest BCUT2D eigenvalue weighted by atomic mass is 10.1. The lowest BCUT2D eigenvalue weighted by Crippen LogP contribution is -2.37. The minimum Gasteiger partial charge on any atom is -0.507 e. The second kappa shape index (κ2) is 8.36. The van der Waals surface area contributed by atoms with Crippen LogP contribution in [0, 0.1) is 5.82 Å². The van der Waals surface area contributed by atoms with E-state index in [9.17, 15) is 14.3 Å². The van der Waals surface area contributed by atoms with Crippen LogP contribution in [0.25, 0.3) is 5.69 Å². The average Bonchev–Trinajstić information content (AvgIpc) is 3.43. The van der Waals surface area contributed by atoms with Gasteiger partial charge in [0.2, 0.25) is 0 Å². The van der Waals surface area contributed by atoms with Gasteiger partial charge in [-0.15, -0.1) is 5.10 Å². The van der Waals surface area contributed by atoms with Crippen LogP contribution in [0.15, 0.2) is 48.8 Å². The normalized spacial score (nSPS) is 16.1. The fraction of sp³-hybridized carbons (Fsp3) is 0.300. The van der Waals surface area contributed by atoms with Crippen molar-refractivity contribution in [1.82, 2.24) is 25.1 Å². The van der Waals surface area contributed by atoms with Crippen molar-refractivity contribution in [1.29, 1.82) is 0 Å². The van der Waals surface area contributed by atoms with Crippen molar-refractivity contribution in [3.8, 4) is 11.4 Å². The summed E-state index contributed by atoms with van der Waals surface area (Å²) in [5.41, 5.74) is 1.50. The van der Waals surface area contributed by atoms with Gasteiger partial charge >= 0.3 is 0 Å². The number of phenols is 1. The van der Waals surface area contributed by atoms with Crippen LogP contribution in [-0.2, 0) is 11.3 Å². The van der Waals surface area contributed by atoms with E-state index in [2.05, 4.69) is 15.5 Å². The van der Waals surface area contributed by atoms with Gasteiger partial charge in [0.15, 0.2) is 0 Å². The smallest absolute Gasteiger partial charge is 0.258 e. The molecule has 9 heteroatoms.